The van der Waals surface area contributed by atoms with Gasteiger partial charge in [0.05, 0.1) is 11.0 Å². The Morgan fingerprint density at radius 2 is 1.95 bits per heavy atom. The molecule has 0 saturated heterocycles. The molecule has 2 aromatic rings. The molecule has 0 radical (unpaired) electrons. The van der Waals surface area contributed by atoms with E-state index in [0.717, 1.165) is 12.8 Å². The van der Waals surface area contributed by atoms with E-state index in [4.69, 9.17) is 0 Å². The quantitative estimate of drug-likeness (QED) is 0.795. The van der Waals surface area contributed by atoms with Gasteiger partial charge in [0.25, 0.3) is 0 Å². The first kappa shape index (κ1) is 12.1. The lowest BCUT2D eigenvalue weighted by molar-refractivity contribution is -0.117. The van der Waals surface area contributed by atoms with E-state index in [1.54, 1.807) is 0 Å². The number of ketones is 1. The molecule has 2 aliphatic carbocycles. The maximum atomic E-state index is 11.6. The van der Waals surface area contributed by atoms with Crippen molar-refractivity contribution in [3.63, 3.8) is 0 Å². The molecule has 2 atom stereocenters. The lowest BCUT2D eigenvalue weighted by atomic mass is 9.93. The second kappa shape index (κ2) is 4.18. The average molecular weight is 268 g/mol. The normalized spacial score (nSPS) is 29.3. The Morgan fingerprint density at radius 3 is 2.65 bits per heavy atom. The van der Waals surface area contributed by atoms with Gasteiger partial charge in [-0.05, 0) is 49.7 Å². The molecule has 0 aromatic carbocycles. The largest absolute Gasteiger partial charge is 0.346 e. The van der Waals surface area contributed by atoms with Crippen LogP contribution in [-0.4, -0.2) is 15.3 Å². The van der Waals surface area contributed by atoms with Crippen molar-refractivity contribution in [3.05, 3.63) is 29.6 Å². The van der Waals surface area contributed by atoms with Gasteiger partial charge in [-0.25, -0.2) is 0 Å². The van der Waals surface area contributed by atoms with E-state index in [-0.39, 0.29) is 0 Å². The van der Waals surface area contributed by atoms with Crippen LogP contribution in [0.1, 0.15) is 42.9 Å². The second-order valence-electron chi connectivity index (χ2n) is 6.56. The van der Waals surface area contributed by atoms with Gasteiger partial charge >= 0.3 is 0 Å². The molecule has 0 N–H and O–H groups in total. The van der Waals surface area contributed by atoms with Gasteiger partial charge in [-0.15, -0.1) is 0 Å². The van der Waals surface area contributed by atoms with Gasteiger partial charge in [0.2, 0.25) is 0 Å². The Balaban J connectivity index is 1.77. The topological polar surface area (TPSA) is 34.9 Å². The number of nitrogens with zero attached hydrogens (tertiary/aromatic N) is 2. The highest BCUT2D eigenvalue weighted by Gasteiger charge is 2.42. The average Bonchev–Trinajstić information content (AvgIpc) is 3.02. The van der Waals surface area contributed by atoms with Gasteiger partial charge in [-0.3, -0.25) is 9.78 Å². The standard InChI is InChI=1S/C17H20N2O/c1-10-16(17-15(19(10)2)4-3-5-18-17)13-6-11-8-14(20)9-12(11)7-13/h3-5,11-13H,6-9H2,1-2H3. The van der Waals surface area contributed by atoms with Crippen LogP contribution in [0.2, 0.25) is 0 Å². The summed E-state index contributed by atoms with van der Waals surface area (Å²) in [7, 11) is 2.13. The monoisotopic (exact) mass is 268 g/mol. The first-order valence-corrected chi connectivity index (χ1v) is 7.56. The van der Waals surface area contributed by atoms with Crippen LogP contribution in [0.15, 0.2) is 18.3 Å². The highest BCUT2D eigenvalue weighted by atomic mass is 16.1. The minimum Gasteiger partial charge on any atom is -0.346 e. The maximum Gasteiger partial charge on any atom is 0.133 e. The lowest BCUT2D eigenvalue weighted by Crippen LogP contribution is -2.01. The molecule has 2 unspecified atom stereocenters. The summed E-state index contributed by atoms with van der Waals surface area (Å²) in [4.78, 5) is 16.2. The van der Waals surface area contributed by atoms with Gasteiger partial charge in [-0.1, -0.05) is 0 Å². The fourth-order valence-corrected chi connectivity index (χ4v) is 4.51. The van der Waals surface area contributed by atoms with Gasteiger partial charge in [0.15, 0.2) is 0 Å². The molecule has 3 heteroatoms. The summed E-state index contributed by atoms with van der Waals surface area (Å²) in [5.74, 6) is 2.33. The zero-order valence-corrected chi connectivity index (χ0v) is 12.1. The minimum absolute atomic E-state index is 0.478. The third-order valence-electron chi connectivity index (χ3n) is 5.52. The summed E-state index contributed by atoms with van der Waals surface area (Å²) in [6, 6.07) is 4.16. The van der Waals surface area contributed by atoms with Crippen LogP contribution in [0.25, 0.3) is 11.0 Å². The number of hydrogen-bond donors (Lipinski definition) is 0. The lowest BCUT2D eigenvalue weighted by Gasteiger charge is -2.11. The van der Waals surface area contributed by atoms with Crippen LogP contribution in [-0.2, 0) is 11.8 Å². The van der Waals surface area contributed by atoms with Crippen LogP contribution in [0.4, 0.5) is 0 Å². The fourth-order valence-electron chi connectivity index (χ4n) is 4.51. The highest BCUT2D eigenvalue weighted by molar-refractivity contribution is 5.83. The summed E-state index contributed by atoms with van der Waals surface area (Å²) in [6.07, 6.45) is 5.88. The third-order valence-corrected chi connectivity index (χ3v) is 5.52. The predicted octanol–water partition coefficient (Wildman–Crippen LogP) is 3.35. The molecule has 104 valence electrons. The maximum absolute atomic E-state index is 11.6. The van der Waals surface area contributed by atoms with Crippen molar-refractivity contribution in [1.82, 2.24) is 9.55 Å². The Hall–Kier alpha value is -1.64. The number of rotatable bonds is 1. The van der Waals surface area contributed by atoms with E-state index >= 15 is 0 Å². The van der Waals surface area contributed by atoms with Crippen molar-refractivity contribution in [2.45, 2.75) is 38.5 Å². The van der Waals surface area contributed by atoms with Crippen molar-refractivity contribution in [1.29, 1.82) is 0 Å². The van der Waals surface area contributed by atoms with Crippen LogP contribution >= 0.6 is 0 Å². The number of aryl methyl sites for hydroxylation is 1. The summed E-state index contributed by atoms with van der Waals surface area (Å²) >= 11 is 0. The summed E-state index contributed by atoms with van der Waals surface area (Å²) < 4.78 is 2.26. The van der Waals surface area contributed by atoms with Crippen molar-refractivity contribution in [2.75, 3.05) is 0 Å². The molecule has 0 bridgehead atoms. The molecule has 2 heterocycles. The van der Waals surface area contributed by atoms with E-state index in [9.17, 15) is 4.79 Å². The second-order valence-corrected chi connectivity index (χ2v) is 6.56. The number of aromatic nitrogens is 2. The zero-order valence-electron chi connectivity index (χ0n) is 12.1. The molecular formula is C17H20N2O. The minimum atomic E-state index is 0.478. The molecule has 20 heavy (non-hydrogen) atoms. The smallest absolute Gasteiger partial charge is 0.133 e. The number of fused-ring (bicyclic) bond motifs is 2. The molecule has 2 aromatic heterocycles. The number of pyridine rings is 1. The Morgan fingerprint density at radius 1 is 1.25 bits per heavy atom. The van der Waals surface area contributed by atoms with Gasteiger partial charge < -0.3 is 4.57 Å². The molecular weight excluding hydrogens is 248 g/mol. The summed E-state index contributed by atoms with van der Waals surface area (Å²) in [5, 5.41) is 0. The van der Waals surface area contributed by atoms with Crippen molar-refractivity contribution in [3.8, 4) is 0 Å². The van der Waals surface area contributed by atoms with Gasteiger partial charge in [0, 0.05) is 37.3 Å². The van der Waals surface area contributed by atoms with E-state index in [2.05, 4.69) is 29.6 Å². The fraction of sp³-hybridized carbons (Fsp3) is 0.529. The van der Waals surface area contributed by atoms with E-state index in [0.29, 0.717) is 23.5 Å². The van der Waals surface area contributed by atoms with E-state index < -0.39 is 0 Å². The van der Waals surface area contributed by atoms with Crippen molar-refractivity contribution < 1.29 is 4.79 Å². The molecule has 0 aliphatic heterocycles. The van der Waals surface area contributed by atoms with E-state index in [1.165, 1.54) is 35.1 Å². The Kier molecular flexibility index (Phi) is 2.53. The van der Waals surface area contributed by atoms with Gasteiger partial charge in [-0.2, -0.15) is 0 Å². The molecule has 2 fully saturated rings. The SMILES string of the molecule is Cc1c(C2CC3CC(=O)CC3C2)c2ncccc2n1C. The number of carbonyl (C=O) groups excluding carboxylic acids is 1. The van der Waals surface area contributed by atoms with E-state index in [1.807, 2.05) is 12.3 Å². The molecule has 4 rings (SSSR count). The number of Topliss-reactive ketones (excluding diaryl/α,β-unsaturated/α-hetero) is 1. The van der Waals surface area contributed by atoms with Crippen molar-refractivity contribution >= 4 is 16.8 Å². The molecule has 0 amide bonds. The van der Waals surface area contributed by atoms with Gasteiger partial charge in [0.1, 0.15) is 5.78 Å². The zero-order chi connectivity index (χ0) is 13.9. The third kappa shape index (κ3) is 1.58. The van der Waals surface area contributed by atoms with Crippen LogP contribution in [0.3, 0.4) is 0 Å². The number of hydrogen-bond acceptors (Lipinski definition) is 2. The van der Waals surface area contributed by atoms with Crippen LogP contribution in [0.5, 0.6) is 0 Å². The molecule has 0 spiro atoms. The molecule has 2 saturated carbocycles. The van der Waals surface area contributed by atoms with Crippen LogP contribution in [0, 0.1) is 18.8 Å². The van der Waals surface area contributed by atoms with Crippen molar-refractivity contribution in [2.24, 2.45) is 18.9 Å². The highest BCUT2D eigenvalue weighted by Crippen LogP contribution is 2.51. The number of carbonyl (C=O) groups is 1. The predicted molar refractivity (Wildman–Crippen MR) is 78.6 cm³/mol. The first-order chi connectivity index (χ1) is 9.65. The Labute approximate surface area is 119 Å². The molecule has 3 nitrogen and oxygen atoms in total. The summed E-state index contributed by atoms with van der Waals surface area (Å²) in [6.45, 7) is 2.20. The Bertz CT molecular complexity index is 684. The van der Waals surface area contributed by atoms with Crippen LogP contribution < -0.4 is 0 Å². The summed E-state index contributed by atoms with van der Waals surface area (Å²) in [5.41, 5.74) is 5.18. The molecule has 2 aliphatic rings. The first-order valence-electron chi connectivity index (χ1n) is 7.56.